The summed E-state index contributed by atoms with van der Waals surface area (Å²) in [7, 11) is 13.1. The van der Waals surface area contributed by atoms with Crippen molar-refractivity contribution in [2.24, 2.45) is 7.05 Å². The van der Waals surface area contributed by atoms with Crippen LogP contribution in [0.3, 0.4) is 0 Å². The zero-order valence-electron chi connectivity index (χ0n) is 59.3. The van der Waals surface area contributed by atoms with Gasteiger partial charge in [-0.25, -0.2) is 9.55 Å². The zero-order chi connectivity index (χ0) is 69.1. The third-order valence-electron chi connectivity index (χ3n) is 19.2. The summed E-state index contributed by atoms with van der Waals surface area (Å²) in [6.07, 6.45) is 29.8. The second-order valence-corrected chi connectivity index (χ2v) is 28.5. The second kappa shape index (κ2) is 31.1. The summed E-state index contributed by atoms with van der Waals surface area (Å²) < 4.78 is 15.8. The van der Waals surface area contributed by atoms with E-state index in [1.165, 1.54) is 126 Å². The van der Waals surface area contributed by atoms with E-state index in [1.54, 1.807) is 12.5 Å². The fourth-order valence-corrected chi connectivity index (χ4v) is 14.2. The van der Waals surface area contributed by atoms with Crippen molar-refractivity contribution in [2.45, 2.75) is 97.0 Å². The Bertz CT molecular complexity index is 4040. The quantitative estimate of drug-likeness (QED) is 0.0402. The first-order valence-corrected chi connectivity index (χ1v) is 35.3. The highest BCUT2D eigenvalue weighted by Gasteiger charge is 2.30. The number of nitrogen functional groups attached to an aromatic ring is 6. The van der Waals surface area contributed by atoms with E-state index in [0.717, 1.165) is 162 Å². The smallest absolute Gasteiger partial charge is 0.248 e. The second-order valence-electron chi connectivity index (χ2n) is 28.5. The van der Waals surface area contributed by atoms with Crippen LogP contribution in [0.2, 0.25) is 0 Å². The number of anilines is 13. The number of imidazole rings is 2. The number of ether oxygens (including phenoxy) is 1. The fourth-order valence-electron chi connectivity index (χ4n) is 14.2. The number of quaternary nitrogens is 2. The van der Waals surface area contributed by atoms with Crippen LogP contribution < -0.4 is 85.0 Å². The van der Waals surface area contributed by atoms with Gasteiger partial charge in [0, 0.05) is 64.1 Å². The third-order valence-corrected chi connectivity index (χ3v) is 19.2. The molecule has 0 aliphatic carbocycles. The number of hydrogen-bond acceptors (Lipinski definition) is 15. The van der Waals surface area contributed by atoms with Crippen LogP contribution in [0, 0.1) is 0 Å². The lowest BCUT2D eigenvalue weighted by atomic mass is 10.00. The number of hydrogen-bond donors (Lipinski definition) is 12. The number of likely N-dealkylation sites (N-methyl/N-ethyl adjacent to an activating group) is 1. The van der Waals surface area contributed by atoms with Crippen molar-refractivity contribution >= 4 is 79.6 Å². The molecule has 0 radical (unpaired) electrons. The highest BCUT2D eigenvalue weighted by molar-refractivity contribution is 5.86. The molecular weight excluding hydrogens is 1220 g/mol. The number of rotatable bonds is 7. The van der Waals surface area contributed by atoms with E-state index in [0.29, 0.717) is 0 Å². The van der Waals surface area contributed by atoms with Crippen LogP contribution in [-0.2, 0) is 45.6 Å². The Hall–Kier alpha value is -9.86. The molecule has 10 heterocycles. The van der Waals surface area contributed by atoms with Gasteiger partial charge in [-0.3, -0.25) is 4.48 Å². The maximum absolute atomic E-state index is 6.26. The Labute approximate surface area is 580 Å². The first-order valence-electron chi connectivity index (χ1n) is 35.3. The summed E-state index contributed by atoms with van der Waals surface area (Å²) in [4.78, 5) is 6.54. The predicted octanol–water partition coefficient (Wildman–Crippen LogP) is 11.2. The number of aromatic nitrogens is 5. The number of nitrogens with zero attached hydrogens (tertiary/aromatic N) is 8. The lowest BCUT2D eigenvalue weighted by Crippen LogP contribution is -2.55. The van der Waals surface area contributed by atoms with Gasteiger partial charge in [-0.05, 0) is 173 Å². The highest BCUT2D eigenvalue weighted by Crippen LogP contribution is 2.42. The van der Waals surface area contributed by atoms with Crippen LogP contribution in [0.25, 0.3) is 17.1 Å². The van der Waals surface area contributed by atoms with E-state index in [-0.39, 0.29) is 6.10 Å². The predicted molar refractivity (Wildman–Crippen MR) is 412 cm³/mol. The number of piperazine rings is 1. The van der Waals surface area contributed by atoms with Crippen molar-refractivity contribution in [3.8, 4) is 22.8 Å². The Kier molecular flexibility index (Phi) is 22.1. The van der Waals surface area contributed by atoms with Crippen molar-refractivity contribution in [1.82, 2.24) is 23.2 Å². The van der Waals surface area contributed by atoms with Crippen LogP contribution in [0.15, 0.2) is 135 Å². The fraction of sp³-hybridized carbons (Fsp3) is 0.403. The number of nitrogens with one attached hydrogen (secondary N) is 6. The van der Waals surface area contributed by atoms with Gasteiger partial charge in [0.15, 0.2) is 17.1 Å². The van der Waals surface area contributed by atoms with Gasteiger partial charge in [-0.2, -0.15) is 4.57 Å². The van der Waals surface area contributed by atoms with Crippen LogP contribution >= 0.6 is 0 Å². The largest absolute Gasteiger partial charge is 0.487 e. The van der Waals surface area contributed by atoms with E-state index in [9.17, 15) is 0 Å². The van der Waals surface area contributed by atoms with Gasteiger partial charge >= 0.3 is 0 Å². The molecule has 18 N–H and O–H groups in total. The zero-order valence-corrected chi connectivity index (χ0v) is 59.3. The minimum atomic E-state index is 0.155. The van der Waals surface area contributed by atoms with Gasteiger partial charge in [0.1, 0.15) is 18.1 Å². The number of aryl methyl sites for hydroxylation is 7. The minimum absolute atomic E-state index is 0.155. The number of fused-ring (bicyclic) bond motifs is 6. The lowest BCUT2D eigenvalue weighted by Gasteiger charge is -2.41. The molecule has 1 saturated heterocycles. The SMILES string of the molecule is CC(C)Oc1c(N)ccc2c1NCCC2.C[N+](C)(C)c1c(N)ccc2c1NCCC2.C[N+]1(C)CCN(c2c(N)ccc3c2NCCC3)CC1.C[n+]1ccn(-c2c(N)ccc3c2NCCC3)c1.Nc1ccc2c(c1-n1cccc1)NCCC2.Nc1ccc2c(c1-n1ccnc1)NCCC2. The normalized spacial score (nSPS) is 15.9. The van der Waals surface area contributed by atoms with Crippen molar-refractivity contribution in [1.29, 1.82) is 0 Å². The Morgan fingerprint density at radius 3 is 1.26 bits per heavy atom. The Morgan fingerprint density at radius 1 is 0.459 bits per heavy atom. The van der Waals surface area contributed by atoms with Gasteiger partial charge in [0.2, 0.25) is 6.33 Å². The molecule has 1 fully saturated rings. The van der Waals surface area contributed by atoms with Crippen LogP contribution in [0.1, 0.15) is 85.8 Å². The number of nitrogens with two attached hydrogens (primary N) is 6. The summed E-state index contributed by atoms with van der Waals surface area (Å²) in [6, 6.07) is 28.8. The molecule has 6 aromatic carbocycles. The summed E-state index contributed by atoms with van der Waals surface area (Å²) in [5.41, 5.74) is 62.5. The average Bonchev–Trinajstić information content (AvgIpc) is 1.06. The molecule has 520 valence electrons. The van der Waals surface area contributed by atoms with Gasteiger partial charge in [0.25, 0.3) is 0 Å². The molecular formula is C77H109N20O+3. The third kappa shape index (κ3) is 16.4. The topological polar surface area (TPSA) is 272 Å². The summed E-state index contributed by atoms with van der Waals surface area (Å²) >= 11 is 0. The molecule has 21 nitrogen and oxygen atoms in total. The summed E-state index contributed by atoms with van der Waals surface area (Å²) in [5.74, 6) is 0.821. The number of benzene rings is 6. The van der Waals surface area contributed by atoms with Crippen LogP contribution in [-0.4, -0.2) is 130 Å². The first-order chi connectivity index (χ1) is 47.2. The van der Waals surface area contributed by atoms with Crippen LogP contribution in [0.4, 0.5) is 79.6 Å². The molecule has 0 unspecified atom stereocenters. The molecule has 9 aromatic rings. The monoisotopic (exact) mass is 1330 g/mol. The summed E-state index contributed by atoms with van der Waals surface area (Å²) in [6.45, 7) is 14.8. The van der Waals surface area contributed by atoms with Gasteiger partial charge in [-0.1, -0.05) is 36.4 Å². The van der Waals surface area contributed by atoms with E-state index in [2.05, 4.69) is 129 Å². The lowest BCUT2D eigenvalue weighted by molar-refractivity contribution is -0.890. The Balaban J connectivity index is 0.000000119. The molecule has 21 heteroatoms. The standard InChI is InChI=1S/C15H25N4.C13H17N4.C13H15N3.C12H14N4.C12H20N3.C12H18N2O/c1-19(2)10-8-18(9-11-19)15-13(16)6-5-12-4-3-7-17-14(12)15;1-16-7-8-17(9-16)13-11(14)5-4-10-3-2-6-15-12(10)13;14-11-6-5-10-4-3-7-15-12(10)13(11)16-8-1-2-9-16;13-10-4-3-9-2-1-5-15-11(9)12(10)16-7-6-14-8-16;1-15(2,3)12-10(13)7-6-9-5-4-8-14-11(9)12;1-8(2)15-12-10(13)6-5-9-4-3-7-14-11(9)12/h5-6,17H,3-4,7-11,16H2,1-2H3;4-5,7-9,15H,2-3,6,14H2,1H3;1-2,5-6,8-9,15H,3-4,7,14H2;3-4,6-8,15H,1-2,5,13H2;6-7,14H,4-5,8,13H2,1-3H3;5-6,8,14H,3-4,7,13H2,1-2H3/q2*+1;;;+1;. The molecule has 0 atom stereocenters. The highest BCUT2D eigenvalue weighted by atomic mass is 16.5. The van der Waals surface area contributed by atoms with Gasteiger partial charge in [-0.15, -0.1) is 0 Å². The van der Waals surface area contributed by atoms with Crippen molar-refractivity contribution in [3.05, 3.63) is 168 Å². The van der Waals surface area contributed by atoms with Crippen molar-refractivity contribution in [3.63, 3.8) is 0 Å². The van der Waals surface area contributed by atoms with Crippen molar-refractivity contribution < 1.29 is 13.8 Å². The first kappa shape index (κ1) is 69.5. The van der Waals surface area contributed by atoms with Gasteiger partial charge < -0.3 is 89.6 Å². The van der Waals surface area contributed by atoms with Gasteiger partial charge in [0.05, 0.1) is 161 Å². The molecule has 3 aromatic heterocycles. The summed E-state index contributed by atoms with van der Waals surface area (Å²) in [5, 5.41) is 20.8. The van der Waals surface area contributed by atoms with Crippen molar-refractivity contribution in [2.75, 3.05) is 172 Å². The molecule has 98 heavy (non-hydrogen) atoms. The molecule has 7 aliphatic heterocycles. The van der Waals surface area contributed by atoms with E-state index < -0.39 is 0 Å². The Morgan fingerprint density at radius 2 is 0.837 bits per heavy atom. The van der Waals surface area contributed by atoms with E-state index >= 15 is 0 Å². The maximum Gasteiger partial charge on any atom is 0.248 e. The molecule has 0 saturated carbocycles. The molecule has 0 bridgehead atoms. The molecule has 7 aliphatic rings. The maximum atomic E-state index is 6.26. The average molecular weight is 1330 g/mol. The molecule has 0 spiro atoms. The van der Waals surface area contributed by atoms with E-state index in [4.69, 9.17) is 39.1 Å². The molecule has 0 amide bonds. The van der Waals surface area contributed by atoms with E-state index in [1.807, 2.05) is 110 Å². The minimum Gasteiger partial charge on any atom is -0.487 e. The van der Waals surface area contributed by atoms with Crippen LogP contribution in [0.5, 0.6) is 5.75 Å². The molecule has 16 rings (SSSR count).